The maximum atomic E-state index is 12.8. The number of allylic oxidation sites excluding steroid dienone is 5. The Balaban J connectivity index is 4.50. The van der Waals surface area contributed by atoms with Gasteiger partial charge in [0.15, 0.2) is 0 Å². The van der Waals surface area contributed by atoms with Crippen LogP contribution in [0.2, 0.25) is 0 Å². The summed E-state index contributed by atoms with van der Waals surface area (Å²) in [5.41, 5.74) is 0. The first-order valence-electron chi connectivity index (χ1n) is 19.9. The first-order chi connectivity index (χ1) is 23.5. The summed E-state index contributed by atoms with van der Waals surface area (Å²) in [6.07, 6.45) is 37.6. The van der Waals surface area contributed by atoms with Gasteiger partial charge in [-0.15, -0.1) is 0 Å². The Morgan fingerprint density at radius 3 is 1.61 bits per heavy atom. The number of carbonyl (C=O) groups is 1. The minimum Gasteiger partial charge on any atom is -0.756 e. The van der Waals surface area contributed by atoms with Crippen LogP contribution in [0, 0.1) is 0 Å². The molecule has 0 aromatic carbocycles. The minimum absolute atomic E-state index is 0.00837. The van der Waals surface area contributed by atoms with Crippen LogP contribution in [0.15, 0.2) is 36.5 Å². The second-order valence-electron chi connectivity index (χ2n) is 14.6. The van der Waals surface area contributed by atoms with Crippen LogP contribution in [-0.4, -0.2) is 68.5 Å². The molecule has 8 nitrogen and oxygen atoms in total. The number of aliphatic hydroxyl groups excluding tert-OH is 1. The van der Waals surface area contributed by atoms with Gasteiger partial charge in [-0.25, -0.2) is 0 Å². The maximum absolute atomic E-state index is 12.8. The highest BCUT2D eigenvalue weighted by molar-refractivity contribution is 7.45. The molecular weight excluding hydrogens is 635 g/mol. The highest BCUT2D eigenvalue weighted by Crippen LogP contribution is 2.38. The number of aliphatic hydroxyl groups is 1. The maximum Gasteiger partial charge on any atom is 0.268 e. The summed E-state index contributed by atoms with van der Waals surface area (Å²) >= 11 is 0. The quantitative estimate of drug-likeness (QED) is 0.0293. The molecule has 9 heteroatoms. The van der Waals surface area contributed by atoms with Crippen LogP contribution >= 0.6 is 7.82 Å². The van der Waals surface area contributed by atoms with Crippen molar-refractivity contribution < 1.29 is 32.9 Å². The first-order valence-corrected chi connectivity index (χ1v) is 21.3. The van der Waals surface area contributed by atoms with Crippen molar-refractivity contribution >= 4 is 13.7 Å². The molecular formula is C40H77N2O6P. The van der Waals surface area contributed by atoms with E-state index in [9.17, 15) is 19.4 Å². The van der Waals surface area contributed by atoms with Crippen LogP contribution in [0.25, 0.3) is 0 Å². The van der Waals surface area contributed by atoms with Crippen molar-refractivity contribution in [3.8, 4) is 0 Å². The Morgan fingerprint density at radius 1 is 0.694 bits per heavy atom. The van der Waals surface area contributed by atoms with Gasteiger partial charge in [-0.3, -0.25) is 9.36 Å². The SMILES string of the molecule is CCC/C=C/CC/C=C/CC/C=C/C(O)C(COP(=O)([O-])OCC[N+](C)(C)C)NC(=O)CCCCCCCCCCCCCCCCCC. The second kappa shape index (κ2) is 32.6. The van der Waals surface area contributed by atoms with Crippen LogP contribution in [-0.2, 0) is 18.4 Å². The Kier molecular flexibility index (Phi) is 31.8. The molecule has 0 heterocycles. The predicted octanol–water partition coefficient (Wildman–Crippen LogP) is 9.72. The number of carbonyl (C=O) groups excluding carboxylic acids is 1. The smallest absolute Gasteiger partial charge is 0.268 e. The third-order valence-corrected chi connectivity index (χ3v) is 9.53. The van der Waals surface area contributed by atoms with E-state index in [1.54, 1.807) is 6.08 Å². The number of nitrogens with one attached hydrogen (secondary N) is 1. The van der Waals surface area contributed by atoms with Crippen molar-refractivity contribution in [2.45, 2.75) is 174 Å². The molecule has 288 valence electrons. The minimum atomic E-state index is -4.59. The van der Waals surface area contributed by atoms with Crippen molar-refractivity contribution in [1.82, 2.24) is 5.32 Å². The fourth-order valence-electron chi connectivity index (χ4n) is 5.37. The Labute approximate surface area is 302 Å². The van der Waals surface area contributed by atoms with Gasteiger partial charge in [0.05, 0.1) is 39.9 Å². The number of quaternary nitrogens is 1. The normalized spacial score (nSPS) is 15.0. The second-order valence-corrected chi connectivity index (χ2v) is 16.0. The molecule has 3 unspecified atom stereocenters. The number of rotatable bonds is 35. The molecule has 0 radical (unpaired) electrons. The average Bonchev–Trinajstić information content (AvgIpc) is 3.04. The van der Waals surface area contributed by atoms with Gasteiger partial charge in [0.2, 0.25) is 5.91 Å². The van der Waals surface area contributed by atoms with E-state index in [4.69, 9.17) is 9.05 Å². The molecule has 0 aliphatic carbocycles. The molecule has 0 aliphatic rings. The van der Waals surface area contributed by atoms with Crippen molar-refractivity contribution in [2.24, 2.45) is 0 Å². The summed E-state index contributed by atoms with van der Waals surface area (Å²) < 4.78 is 23.1. The van der Waals surface area contributed by atoms with E-state index in [-0.39, 0.29) is 12.5 Å². The van der Waals surface area contributed by atoms with Crippen LogP contribution in [0.4, 0.5) is 0 Å². The van der Waals surface area contributed by atoms with Crippen LogP contribution in [0.5, 0.6) is 0 Å². The van der Waals surface area contributed by atoms with Gasteiger partial charge in [0, 0.05) is 6.42 Å². The molecule has 0 fully saturated rings. The Morgan fingerprint density at radius 2 is 1.14 bits per heavy atom. The molecule has 2 N–H and O–H groups in total. The van der Waals surface area contributed by atoms with E-state index in [0.29, 0.717) is 17.4 Å². The lowest BCUT2D eigenvalue weighted by molar-refractivity contribution is -0.870. The number of phosphoric ester groups is 1. The fraction of sp³-hybridized carbons (Fsp3) is 0.825. The molecule has 0 spiro atoms. The van der Waals surface area contributed by atoms with Crippen molar-refractivity contribution in [1.29, 1.82) is 0 Å². The zero-order valence-electron chi connectivity index (χ0n) is 32.4. The topological polar surface area (TPSA) is 108 Å². The Hall–Kier alpha value is -1.28. The third-order valence-electron chi connectivity index (χ3n) is 8.56. The highest BCUT2D eigenvalue weighted by Gasteiger charge is 2.23. The zero-order valence-corrected chi connectivity index (χ0v) is 33.3. The molecule has 3 atom stereocenters. The lowest BCUT2D eigenvalue weighted by atomic mass is 10.0. The number of hydrogen-bond donors (Lipinski definition) is 2. The largest absolute Gasteiger partial charge is 0.756 e. The highest BCUT2D eigenvalue weighted by atomic mass is 31.2. The Bertz CT molecular complexity index is 902. The lowest BCUT2D eigenvalue weighted by Crippen LogP contribution is -2.45. The first kappa shape index (κ1) is 47.7. The van der Waals surface area contributed by atoms with Crippen molar-refractivity contribution in [3.05, 3.63) is 36.5 Å². The van der Waals surface area contributed by atoms with E-state index < -0.39 is 26.6 Å². The summed E-state index contributed by atoms with van der Waals surface area (Å²) in [5.74, 6) is -0.214. The van der Waals surface area contributed by atoms with Crippen molar-refractivity contribution in [2.75, 3.05) is 40.9 Å². The van der Waals surface area contributed by atoms with Gasteiger partial charge in [0.1, 0.15) is 13.2 Å². The number of likely N-dealkylation sites (N-methyl/N-ethyl adjacent to an activating group) is 1. The molecule has 0 aromatic heterocycles. The summed E-state index contributed by atoms with van der Waals surface area (Å²) in [7, 11) is 1.23. The summed E-state index contributed by atoms with van der Waals surface area (Å²) in [6.45, 7) is 4.52. The summed E-state index contributed by atoms with van der Waals surface area (Å²) in [6, 6.07) is -0.903. The molecule has 1 amide bonds. The zero-order chi connectivity index (χ0) is 36.5. The summed E-state index contributed by atoms with van der Waals surface area (Å²) in [4.78, 5) is 25.2. The molecule has 0 rings (SSSR count). The van der Waals surface area contributed by atoms with E-state index in [0.717, 1.165) is 51.4 Å². The van der Waals surface area contributed by atoms with Gasteiger partial charge < -0.3 is 28.8 Å². The lowest BCUT2D eigenvalue weighted by Gasteiger charge is -2.29. The average molecular weight is 713 g/mol. The molecule has 0 aliphatic heterocycles. The predicted molar refractivity (Wildman–Crippen MR) is 205 cm³/mol. The van der Waals surface area contributed by atoms with Gasteiger partial charge in [-0.05, 0) is 38.5 Å². The van der Waals surface area contributed by atoms with Crippen LogP contribution < -0.4 is 10.2 Å². The number of phosphoric acid groups is 1. The molecule has 0 saturated heterocycles. The van der Waals surface area contributed by atoms with Gasteiger partial charge in [-0.1, -0.05) is 153 Å². The van der Waals surface area contributed by atoms with Crippen LogP contribution in [0.1, 0.15) is 162 Å². The van der Waals surface area contributed by atoms with Gasteiger partial charge in [-0.2, -0.15) is 0 Å². The monoisotopic (exact) mass is 713 g/mol. The number of amides is 1. The van der Waals surface area contributed by atoms with Gasteiger partial charge >= 0.3 is 0 Å². The number of nitrogens with zero attached hydrogens (tertiary/aromatic N) is 1. The summed E-state index contributed by atoms with van der Waals surface area (Å²) in [5, 5.41) is 13.7. The molecule has 49 heavy (non-hydrogen) atoms. The van der Waals surface area contributed by atoms with Crippen LogP contribution in [0.3, 0.4) is 0 Å². The van der Waals surface area contributed by atoms with E-state index in [2.05, 4.69) is 43.5 Å². The van der Waals surface area contributed by atoms with E-state index in [1.165, 1.54) is 89.9 Å². The molecule has 0 bridgehead atoms. The standard InChI is InChI=1S/C40H77N2O6P/c1-6-8-10-12-14-16-18-19-20-21-22-24-26-28-30-32-34-40(44)41-38(37-48-49(45,46)47-36-35-42(3,4)5)39(43)33-31-29-27-25-23-17-15-13-11-9-7-2/h11,13,23,25,31,33,38-39,43H,6-10,12,14-22,24,26-30,32,34-37H2,1-5H3,(H-,41,44,45,46)/b13-11+,25-23+,33-31+. The van der Waals surface area contributed by atoms with E-state index >= 15 is 0 Å². The molecule has 0 aromatic rings. The third kappa shape index (κ3) is 34.9. The number of unbranched alkanes of at least 4 members (excludes halogenated alkanes) is 18. The van der Waals surface area contributed by atoms with E-state index in [1.807, 2.05) is 27.2 Å². The number of hydrogen-bond acceptors (Lipinski definition) is 6. The molecule has 0 saturated carbocycles. The fourth-order valence-corrected chi connectivity index (χ4v) is 6.09. The van der Waals surface area contributed by atoms with Gasteiger partial charge in [0.25, 0.3) is 7.82 Å². The van der Waals surface area contributed by atoms with Crippen molar-refractivity contribution in [3.63, 3.8) is 0 Å².